The van der Waals surface area contributed by atoms with E-state index in [4.69, 9.17) is 4.74 Å². The molecule has 0 bridgehead atoms. The fourth-order valence-electron chi connectivity index (χ4n) is 3.80. The molecule has 1 aliphatic heterocycles. The Morgan fingerprint density at radius 2 is 1.94 bits per heavy atom. The standard InChI is InChI=1S/C24H35F3N4O4/c1-6-21(33)29-10-11-30(4)19-12-17(22(34)31(5)16-8-7-9-28-14-16)18(24(25,26)27)13-20(19)35-23(2,3)15-32/h12-13,15-16,28H,6-11,14H2,1-5H3,(H,29,33)/t16-/m1/s1. The van der Waals surface area contributed by atoms with Crippen LogP contribution in [0.1, 0.15) is 56.0 Å². The highest BCUT2D eigenvalue weighted by molar-refractivity contribution is 5.97. The van der Waals surface area contributed by atoms with E-state index >= 15 is 0 Å². The van der Waals surface area contributed by atoms with E-state index in [0.29, 0.717) is 25.7 Å². The minimum atomic E-state index is -4.83. The topological polar surface area (TPSA) is 91.0 Å². The first-order chi connectivity index (χ1) is 16.3. The van der Waals surface area contributed by atoms with Gasteiger partial charge in [0.25, 0.3) is 5.91 Å². The number of carbonyl (C=O) groups excluding carboxylic acids is 3. The molecular formula is C24H35F3N4O4. The molecule has 1 fully saturated rings. The van der Waals surface area contributed by atoms with Crippen molar-refractivity contribution in [2.75, 3.05) is 45.2 Å². The number of hydrogen-bond donors (Lipinski definition) is 2. The first kappa shape index (κ1) is 28.4. The molecule has 2 N–H and O–H groups in total. The normalized spacial score (nSPS) is 16.4. The zero-order valence-electron chi connectivity index (χ0n) is 20.9. The van der Waals surface area contributed by atoms with Crippen LogP contribution in [0.3, 0.4) is 0 Å². The number of carbonyl (C=O) groups is 3. The Labute approximate surface area is 204 Å². The quantitative estimate of drug-likeness (QED) is 0.480. The van der Waals surface area contributed by atoms with Crippen molar-refractivity contribution in [3.8, 4) is 5.75 Å². The van der Waals surface area contributed by atoms with Crippen molar-refractivity contribution in [3.63, 3.8) is 0 Å². The Morgan fingerprint density at radius 3 is 2.49 bits per heavy atom. The van der Waals surface area contributed by atoms with E-state index in [1.165, 1.54) is 25.8 Å². The van der Waals surface area contributed by atoms with Crippen LogP contribution in [0.5, 0.6) is 5.75 Å². The highest BCUT2D eigenvalue weighted by atomic mass is 19.4. The predicted octanol–water partition coefficient (Wildman–Crippen LogP) is 2.85. The monoisotopic (exact) mass is 500 g/mol. The molecule has 1 atom stereocenters. The lowest BCUT2D eigenvalue weighted by molar-refractivity contribution is -0.138. The number of hydrogen-bond acceptors (Lipinski definition) is 6. The summed E-state index contributed by atoms with van der Waals surface area (Å²) in [6.45, 7) is 6.35. The molecule has 0 unspecified atom stereocenters. The molecule has 1 saturated heterocycles. The third kappa shape index (κ3) is 7.58. The molecule has 1 aliphatic rings. The van der Waals surface area contributed by atoms with E-state index in [-0.39, 0.29) is 36.5 Å². The Kier molecular flexibility index (Phi) is 9.53. The number of aldehydes is 1. The zero-order chi connectivity index (χ0) is 26.4. The summed E-state index contributed by atoms with van der Waals surface area (Å²) in [7, 11) is 3.12. The summed E-state index contributed by atoms with van der Waals surface area (Å²) in [5, 5.41) is 5.87. The van der Waals surface area contributed by atoms with Crippen LogP contribution in [0, 0.1) is 0 Å². The maximum atomic E-state index is 14.1. The average Bonchev–Trinajstić information content (AvgIpc) is 2.82. The molecule has 1 heterocycles. The van der Waals surface area contributed by atoms with Crippen molar-refractivity contribution in [3.05, 3.63) is 23.3 Å². The van der Waals surface area contributed by atoms with Crippen molar-refractivity contribution in [1.82, 2.24) is 15.5 Å². The van der Waals surface area contributed by atoms with Crippen molar-refractivity contribution < 1.29 is 32.3 Å². The van der Waals surface area contributed by atoms with E-state index in [1.54, 1.807) is 18.9 Å². The number of nitrogens with zero attached hydrogens (tertiary/aromatic N) is 2. The fraction of sp³-hybridized carbons (Fsp3) is 0.625. The molecule has 2 rings (SSSR count). The SMILES string of the molecule is CCC(=O)NCCN(C)c1cc(C(=O)N(C)[C@@H]2CCCNC2)c(C(F)(F)F)cc1OC(C)(C)C=O. The van der Waals surface area contributed by atoms with Gasteiger partial charge in [-0.15, -0.1) is 0 Å². The highest BCUT2D eigenvalue weighted by Gasteiger charge is 2.39. The van der Waals surface area contributed by atoms with Crippen LogP contribution in [0.4, 0.5) is 18.9 Å². The summed E-state index contributed by atoms with van der Waals surface area (Å²) in [6.07, 6.45) is -2.53. The highest BCUT2D eigenvalue weighted by Crippen LogP contribution is 2.41. The summed E-state index contributed by atoms with van der Waals surface area (Å²) in [5.41, 5.74) is -2.82. The van der Waals surface area contributed by atoms with Crippen LogP contribution in [0.15, 0.2) is 12.1 Å². The van der Waals surface area contributed by atoms with E-state index in [0.717, 1.165) is 25.1 Å². The number of rotatable bonds is 10. The lowest BCUT2D eigenvalue weighted by atomic mass is 10.0. The van der Waals surface area contributed by atoms with Gasteiger partial charge in [0.1, 0.15) is 5.75 Å². The smallest absolute Gasteiger partial charge is 0.417 e. The Balaban J connectivity index is 2.54. The van der Waals surface area contributed by atoms with Gasteiger partial charge in [0.15, 0.2) is 11.9 Å². The molecule has 196 valence electrons. The Hall–Kier alpha value is -2.82. The van der Waals surface area contributed by atoms with Crippen LogP contribution in [-0.2, 0) is 15.8 Å². The van der Waals surface area contributed by atoms with Gasteiger partial charge in [0.2, 0.25) is 5.91 Å². The number of ether oxygens (including phenoxy) is 1. The molecule has 0 aromatic heterocycles. The molecule has 1 aromatic carbocycles. The van der Waals surface area contributed by atoms with Gasteiger partial charge < -0.3 is 25.2 Å². The van der Waals surface area contributed by atoms with Gasteiger partial charge in [-0.25, -0.2) is 0 Å². The number of nitrogens with one attached hydrogen (secondary N) is 2. The third-order valence-electron chi connectivity index (χ3n) is 5.93. The van der Waals surface area contributed by atoms with Crippen LogP contribution in [-0.4, -0.2) is 74.9 Å². The molecule has 0 radical (unpaired) electrons. The first-order valence-electron chi connectivity index (χ1n) is 11.7. The Morgan fingerprint density at radius 1 is 1.26 bits per heavy atom. The molecule has 0 saturated carbocycles. The molecular weight excluding hydrogens is 465 g/mol. The lowest BCUT2D eigenvalue weighted by Crippen LogP contribution is -2.47. The van der Waals surface area contributed by atoms with Gasteiger partial charge in [-0.3, -0.25) is 14.4 Å². The molecule has 0 aliphatic carbocycles. The van der Waals surface area contributed by atoms with Crippen molar-refractivity contribution >= 4 is 23.8 Å². The molecule has 0 spiro atoms. The summed E-state index contributed by atoms with van der Waals surface area (Å²) >= 11 is 0. The second-order valence-electron chi connectivity index (χ2n) is 9.23. The van der Waals surface area contributed by atoms with Gasteiger partial charge in [-0.2, -0.15) is 13.2 Å². The minimum absolute atomic E-state index is 0.164. The molecule has 11 heteroatoms. The minimum Gasteiger partial charge on any atom is -0.478 e. The molecule has 2 amide bonds. The second-order valence-corrected chi connectivity index (χ2v) is 9.23. The van der Waals surface area contributed by atoms with E-state index in [9.17, 15) is 27.6 Å². The van der Waals surface area contributed by atoms with Crippen molar-refractivity contribution in [2.45, 2.75) is 57.9 Å². The first-order valence-corrected chi connectivity index (χ1v) is 11.7. The maximum absolute atomic E-state index is 14.1. The van der Waals surface area contributed by atoms with E-state index in [1.807, 2.05) is 0 Å². The van der Waals surface area contributed by atoms with Crippen LogP contribution in [0.2, 0.25) is 0 Å². The number of likely N-dealkylation sites (N-methyl/N-ethyl adjacent to an activating group) is 2. The summed E-state index contributed by atoms with van der Waals surface area (Å²) in [5.74, 6) is -1.10. The average molecular weight is 501 g/mol. The number of benzene rings is 1. The van der Waals surface area contributed by atoms with E-state index in [2.05, 4.69) is 10.6 Å². The summed E-state index contributed by atoms with van der Waals surface area (Å²) in [6, 6.07) is 1.71. The van der Waals surface area contributed by atoms with Gasteiger partial charge in [-0.1, -0.05) is 6.92 Å². The molecule has 8 nitrogen and oxygen atoms in total. The van der Waals surface area contributed by atoms with Crippen LogP contribution in [0.25, 0.3) is 0 Å². The van der Waals surface area contributed by atoms with Crippen molar-refractivity contribution in [1.29, 1.82) is 0 Å². The largest absolute Gasteiger partial charge is 0.478 e. The number of alkyl halides is 3. The van der Waals surface area contributed by atoms with E-state index < -0.39 is 28.8 Å². The number of piperidine rings is 1. The summed E-state index contributed by atoms with van der Waals surface area (Å²) in [4.78, 5) is 39.3. The molecule has 35 heavy (non-hydrogen) atoms. The lowest BCUT2D eigenvalue weighted by Gasteiger charge is -2.33. The van der Waals surface area contributed by atoms with Gasteiger partial charge in [-0.05, 0) is 45.4 Å². The third-order valence-corrected chi connectivity index (χ3v) is 5.93. The van der Waals surface area contributed by atoms with Gasteiger partial charge in [0, 0.05) is 46.2 Å². The Bertz CT molecular complexity index is 915. The van der Waals surface area contributed by atoms with Crippen LogP contribution < -0.4 is 20.3 Å². The zero-order valence-corrected chi connectivity index (χ0v) is 20.9. The summed E-state index contributed by atoms with van der Waals surface area (Å²) < 4.78 is 48.0. The number of halogens is 3. The molecule has 1 aromatic rings. The fourth-order valence-corrected chi connectivity index (χ4v) is 3.80. The predicted molar refractivity (Wildman–Crippen MR) is 127 cm³/mol. The van der Waals surface area contributed by atoms with Crippen LogP contribution >= 0.6 is 0 Å². The van der Waals surface area contributed by atoms with Gasteiger partial charge in [0.05, 0.1) is 16.8 Å². The van der Waals surface area contributed by atoms with Gasteiger partial charge >= 0.3 is 6.18 Å². The number of anilines is 1. The number of amides is 2. The van der Waals surface area contributed by atoms with Crippen molar-refractivity contribution in [2.24, 2.45) is 0 Å². The maximum Gasteiger partial charge on any atom is 0.417 e. The second kappa shape index (κ2) is 11.7.